The Bertz CT molecular complexity index is 2600. The van der Waals surface area contributed by atoms with E-state index in [2.05, 4.69) is 47.9 Å². The highest BCUT2D eigenvalue weighted by molar-refractivity contribution is 7.99. The highest BCUT2D eigenvalue weighted by Crippen LogP contribution is 2.28. The second-order valence-corrected chi connectivity index (χ2v) is 25.0. The van der Waals surface area contributed by atoms with Crippen molar-refractivity contribution in [1.82, 2.24) is 57.7 Å². The number of primary amides is 1. The summed E-state index contributed by atoms with van der Waals surface area (Å²) in [4.78, 5) is 141. The molecule has 3 aliphatic rings. The standard InChI is InChI=1S/C58H90N14O12S3/c1-3-4-18-65-58(84)69-44-34-86-32-39-25-38(31-85-24-21-64-50(75)41(29-62-19-16-59)30-63-20-17-60)26-40(27-39)33-87-35-45(57(82)83)68-52(77)43(28-37-10-6-5-7-11-37)67-51(76)42(14-15-48(61)74)66-54(79)49(36(2)73)70-53(78)46-12-8-22-71(46)56(81)47-13-9-23-72(47)55(44)80/h5-7,10-11,25-27,36,41-47,49,62-63,73H,3-4,8-9,12-24,28-35,59-60H2,1-2H3,(H2,61,74)(H,64,75)(H,66,79)(H,67,76)(H,68,77)(H,70,78)(H,82,83)(H2,65,69,84)/t36-,42+,43+,44+,45+,46+,47+,49+/m1/s1. The molecule has 0 aromatic heterocycles. The lowest BCUT2D eigenvalue weighted by molar-refractivity contribution is -0.147. The lowest BCUT2D eigenvalue weighted by atomic mass is 10.0. The Hall–Kier alpha value is -6.21. The molecule has 29 heteroatoms. The fraction of sp³-hybridized carbons (Fsp3) is 0.621. The van der Waals surface area contributed by atoms with Crippen LogP contribution >= 0.6 is 35.3 Å². The number of carboxylic acid groups (broad SMARTS) is 1. The van der Waals surface area contributed by atoms with Gasteiger partial charge in [-0.05, 0) is 67.7 Å². The topological polar surface area (TPSA) is 404 Å². The molecule has 482 valence electrons. The van der Waals surface area contributed by atoms with Crippen molar-refractivity contribution in [3.63, 3.8) is 0 Å². The summed E-state index contributed by atoms with van der Waals surface area (Å²) in [5.74, 6) is -5.46. The second kappa shape index (κ2) is 38.3. The quantitative estimate of drug-likeness (QED) is 0.0508. The molecule has 2 bridgehead atoms. The molecular formula is C58H90N14O12S3. The Labute approximate surface area is 521 Å². The van der Waals surface area contributed by atoms with E-state index in [1.54, 1.807) is 42.1 Å². The lowest BCUT2D eigenvalue weighted by Crippen LogP contribution is -2.61. The molecule has 2 aromatic carbocycles. The minimum Gasteiger partial charge on any atom is -0.480 e. The molecule has 17 N–H and O–H groups in total. The predicted octanol–water partition coefficient (Wildman–Crippen LogP) is -1.41. The number of nitrogens with zero attached hydrogens (tertiary/aromatic N) is 2. The first-order valence-corrected chi connectivity index (χ1v) is 33.3. The minimum absolute atomic E-state index is 0.108. The molecular weight excluding hydrogens is 1180 g/mol. The minimum atomic E-state index is -1.69. The van der Waals surface area contributed by atoms with Gasteiger partial charge in [0.25, 0.3) is 0 Å². The molecule has 2 fully saturated rings. The SMILES string of the molecule is CCCCNC(=O)N[C@H]1CSCc2cc(CSCCNC(=O)C(CNCCN)CNCCN)cc(c2)CSC[C@@H](C(=O)O)NC(=O)[C@H](Cc2ccccc2)NC(=O)[C@H](CCC(N)=O)NC(=O)[C@H]([C@@H](C)O)NC(=O)[C@@H]2CCCN2C(=O)[C@@H]2CCCN2C1=O. The Balaban J connectivity index is 1.48. The monoisotopic (exact) mass is 1270 g/mol. The summed E-state index contributed by atoms with van der Waals surface area (Å²) in [5.41, 5.74) is 20.0. The fourth-order valence-corrected chi connectivity index (χ4v) is 13.0. The van der Waals surface area contributed by atoms with Crippen molar-refractivity contribution >= 4 is 94.5 Å². The van der Waals surface area contributed by atoms with Crippen LogP contribution in [-0.2, 0) is 66.8 Å². The fourth-order valence-electron chi connectivity index (χ4n) is 10.3. The number of aliphatic hydroxyl groups excluding tert-OH is 1. The van der Waals surface area contributed by atoms with Crippen LogP contribution < -0.4 is 65.1 Å². The third-order valence-corrected chi connectivity index (χ3v) is 18.1. The number of urea groups is 1. The average molecular weight is 1270 g/mol. The van der Waals surface area contributed by atoms with Gasteiger partial charge in [0, 0.05) is 113 Å². The maximum atomic E-state index is 14.8. The molecule has 5 rings (SSSR count). The van der Waals surface area contributed by atoms with E-state index in [0.29, 0.717) is 100 Å². The first-order chi connectivity index (χ1) is 41.8. The number of benzene rings is 2. The van der Waals surface area contributed by atoms with Crippen molar-refractivity contribution in [3.8, 4) is 0 Å². The lowest BCUT2D eigenvalue weighted by Gasteiger charge is -2.33. The molecule has 3 aliphatic heterocycles. The molecule has 87 heavy (non-hydrogen) atoms. The number of rotatable bonds is 25. The van der Waals surface area contributed by atoms with Crippen molar-refractivity contribution in [2.45, 2.75) is 137 Å². The summed E-state index contributed by atoms with van der Waals surface area (Å²) in [6, 6.07) is 4.73. The molecule has 10 amide bonds. The molecule has 0 saturated carbocycles. The molecule has 0 unspecified atom stereocenters. The van der Waals surface area contributed by atoms with Crippen molar-refractivity contribution in [1.29, 1.82) is 0 Å². The third kappa shape index (κ3) is 24.0. The van der Waals surface area contributed by atoms with Gasteiger partial charge < -0.3 is 85.1 Å². The van der Waals surface area contributed by atoms with Crippen LogP contribution in [0.2, 0.25) is 0 Å². The zero-order chi connectivity index (χ0) is 63.3. The highest BCUT2D eigenvalue weighted by Gasteiger charge is 2.45. The van der Waals surface area contributed by atoms with Gasteiger partial charge >= 0.3 is 12.0 Å². The number of carbonyl (C=O) groups is 10. The summed E-state index contributed by atoms with van der Waals surface area (Å²) < 4.78 is 0. The number of fused-ring (bicyclic) bond motifs is 4. The number of unbranched alkanes of at least 4 members (excludes halogenated alkanes) is 1. The maximum Gasteiger partial charge on any atom is 0.327 e. The van der Waals surface area contributed by atoms with Crippen LogP contribution in [0.15, 0.2) is 48.5 Å². The number of hydrogen-bond donors (Lipinski definition) is 14. The number of aliphatic carboxylic acids is 1. The summed E-state index contributed by atoms with van der Waals surface area (Å²) in [5, 5.41) is 46.9. The molecule has 2 aromatic rings. The zero-order valence-corrected chi connectivity index (χ0v) is 52.3. The van der Waals surface area contributed by atoms with E-state index in [1.807, 2.05) is 25.1 Å². The Morgan fingerprint density at radius 2 is 1.36 bits per heavy atom. The van der Waals surface area contributed by atoms with Crippen molar-refractivity contribution in [3.05, 3.63) is 70.8 Å². The van der Waals surface area contributed by atoms with E-state index in [1.165, 1.54) is 40.2 Å². The summed E-state index contributed by atoms with van der Waals surface area (Å²) >= 11 is 4.23. The van der Waals surface area contributed by atoms with Gasteiger partial charge in [0.05, 0.1) is 12.0 Å². The van der Waals surface area contributed by atoms with Crippen molar-refractivity contribution < 1.29 is 58.2 Å². The summed E-state index contributed by atoms with van der Waals surface area (Å²) in [7, 11) is 0. The average Bonchev–Trinajstić information content (AvgIpc) is 1.96. The highest BCUT2D eigenvalue weighted by atomic mass is 32.2. The Kier molecular flexibility index (Phi) is 31.5. The summed E-state index contributed by atoms with van der Waals surface area (Å²) in [6.07, 6.45) is 0.396. The molecule has 8 atom stereocenters. The second-order valence-electron chi connectivity index (χ2n) is 21.8. The molecule has 2 saturated heterocycles. The van der Waals surface area contributed by atoms with Crippen LogP contribution in [-0.4, -0.2) is 210 Å². The Morgan fingerprint density at radius 3 is 1.98 bits per heavy atom. The van der Waals surface area contributed by atoms with Gasteiger partial charge in [0.1, 0.15) is 42.3 Å². The van der Waals surface area contributed by atoms with E-state index < -0.39 is 108 Å². The normalized spacial score (nSPS) is 22.6. The van der Waals surface area contributed by atoms with Gasteiger partial charge in [-0.2, -0.15) is 35.3 Å². The Morgan fingerprint density at radius 1 is 0.736 bits per heavy atom. The smallest absolute Gasteiger partial charge is 0.327 e. The van der Waals surface area contributed by atoms with E-state index in [0.717, 1.165) is 23.1 Å². The number of carboxylic acids is 1. The van der Waals surface area contributed by atoms with Gasteiger partial charge in [0.15, 0.2) is 0 Å². The van der Waals surface area contributed by atoms with E-state index in [4.69, 9.17) is 17.2 Å². The molecule has 0 radical (unpaired) electrons. The van der Waals surface area contributed by atoms with Gasteiger partial charge in [-0.1, -0.05) is 61.9 Å². The van der Waals surface area contributed by atoms with Gasteiger partial charge in [-0.15, -0.1) is 0 Å². The van der Waals surface area contributed by atoms with E-state index in [-0.39, 0.29) is 62.1 Å². The van der Waals surface area contributed by atoms with Crippen LogP contribution in [0, 0.1) is 5.92 Å². The van der Waals surface area contributed by atoms with Crippen LogP contribution in [0.1, 0.15) is 87.5 Å². The first kappa shape index (κ1) is 71.5. The predicted molar refractivity (Wildman–Crippen MR) is 336 cm³/mol. The number of thioether (sulfide) groups is 3. The molecule has 3 heterocycles. The number of aliphatic hydroxyl groups is 1. The van der Waals surface area contributed by atoms with Crippen LogP contribution in [0.25, 0.3) is 0 Å². The van der Waals surface area contributed by atoms with Crippen LogP contribution in [0.5, 0.6) is 0 Å². The number of hydrogen-bond acceptors (Lipinski definition) is 18. The summed E-state index contributed by atoms with van der Waals surface area (Å²) in [6.45, 7) is 7.23. The van der Waals surface area contributed by atoms with Gasteiger partial charge in [-0.25, -0.2) is 9.59 Å². The van der Waals surface area contributed by atoms with Crippen molar-refractivity contribution in [2.75, 3.05) is 82.7 Å². The van der Waals surface area contributed by atoms with Gasteiger partial charge in [0.2, 0.25) is 47.3 Å². The zero-order valence-electron chi connectivity index (χ0n) is 49.8. The number of nitrogens with two attached hydrogens (primary N) is 3. The third-order valence-electron chi connectivity index (χ3n) is 14.8. The first-order valence-electron chi connectivity index (χ1n) is 29.9. The van der Waals surface area contributed by atoms with E-state index in [9.17, 15) is 58.2 Å². The molecule has 26 nitrogen and oxygen atoms in total. The molecule has 0 aliphatic carbocycles. The largest absolute Gasteiger partial charge is 0.480 e. The van der Waals surface area contributed by atoms with E-state index >= 15 is 0 Å². The van der Waals surface area contributed by atoms with Crippen LogP contribution in [0.3, 0.4) is 0 Å². The van der Waals surface area contributed by atoms with Gasteiger partial charge in [-0.3, -0.25) is 38.4 Å². The maximum absolute atomic E-state index is 14.8. The molecule has 0 spiro atoms. The number of amides is 10. The number of carbonyl (C=O) groups excluding carboxylic acids is 9. The van der Waals surface area contributed by atoms with Crippen molar-refractivity contribution in [2.24, 2.45) is 23.1 Å². The number of nitrogens with one attached hydrogen (secondary N) is 9. The van der Waals surface area contributed by atoms with Crippen LogP contribution in [0.4, 0.5) is 4.79 Å².